The van der Waals surface area contributed by atoms with Crippen molar-refractivity contribution in [1.82, 2.24) is 25.1 Å². The summed E-state index contributed by atoms with van der Waals surface area (Å²) in [6.45, 7) is 5.14. The third kappa shape index (κ3) is 5.13. The van der Waals surface area contributed by atoms with E-state index in [1.165, 1.54) is 19.3 Å². The van der Waals surface area contributed by atoms with E-state index in [2.05, 4.69) is 22.2 Å². The van der Waals surface area contributed by atoms with Gasteiger partial charge in [-0.1, -0.05) is 42.4 Å². The maximum absolute atomic E-state index is 12.4. The monoisotopic (exact) mass is 458 g/mol. The normalized spacial score (nSPS) is 14.2. The van der Waals surface area contributed by atoms with Gasteiger partial charge in [0.2, 0.25) is 0 Å². The molecule has 7 nitrogen and oxygen atoms in total. The minimum Gasteiger partial charge on any atom is -0.356 e. The topological polar surface area (TPSA) is 75.9 Å². The van der Waals surface area contributed by atoms with Crippen LogP contribution in [0.3, 0.4) is 0 Å². The summed E-state index contributed by atoms with van der Waals surface area (Å²) in [4.78, 5) is 24.4. The number of hydrogen-bond acceptors (Lipinski definition) is 6. The number of amides is 1. The maximum atomic E-state index is 12.4. The summed E-state index contributed by atoms with van der Waals surface area (Å²) in [5.74, 6) is 1.77. The highest BCUT2D eigenvalue weighted by atomic mass is 35.5. The van der Waals surface area contributed by atoms with Gasteiger partial charge in [-0.15, -0.1) is 0 Å². The zero-order valence-corrected chi connectivity index (χ0v) is 19.3. The highest BCUT2D eigenvalue weighted by molar-refractivity contribution is 7.99. The van der Waals surface area contributed by atoms with Gasteiger partial charge in [0, 0.05) is 25.4 Å². The van der Waals surface area contributed by atoms with Crippen molar-refractivity contribution >= 4 is 46.1 Å². The molecule has 1 aliphatic heterocycles. The second-order valence-electron chi connectivity index (χ2n) is 7.57. The van der Waals surface area contributed by atoms with Crippen LogP contribution in [0.15, 0.2) is 35.6 Å². The van der Waals surface area contributed by atoms with Gasteiger partial charge in [-0.05, 0) is 37.8 Å². The lowest BCUT2D eigenvalue weighted by Crippen LogP contribution is -2.30. The number of hydrogen-bond donors (Lipinski definition) is 1. The second kappa shape index (κ2) is 10.3. The Bertz CT molecular complexity index is 1050. The number of anilines is 1. The Morgan fingerprint density at radius 1 is 1.19 bits per heavy atom. The number of nitrogens with one attached hydrogen (secondary N) is 1. The van der Waals surface area contributed by atoms with Gasteiger partial charge in [0.15, 0.2) is 10.8 Å². The number of rotatable bonds is 8. The fourth-order valence-electron chi connectivity index (χ4n) is 3.71. The summed E-state index contributed by atoms with van der Waals surface area (Å²) in [6.07, 6.45) is 6.56. The van der Waals surface area contributed by atoms with E-state index in [1.807, 2.05) is 16.9 Å². The van der Waals surface area contributed by atoms with Crippen molar-refractivity contribution in [3.8, 4) is 0 Å². The Labute approximate surface area is 191 Å². The molecule has 4 rings (SSSR count). The van der Waals surface area contributed by atoms with Crippen molar-refractivity contribution in [2.75, 3.05) is 30.3 Å². The lowest BCUT2D eigenvalue weighted by atomic mass is 10.1. The predicted octanol–water partition coefficient (Wildman–Crippen LogP) is 4.40. The van der Waals surface area contributed by atoms with E-state index in [0.717, 1.165) is 47.3 Å². The molecule has 1 amide bonds. The number of fused-ring (bicyclic) bond motifs is 1. The van der Waals surface area contributed by atoms with Gasteiger partial charge < -0.3 is 10.2 Å². The van der Waals surface area contributed by atoms with Gasteiger partial charge >= 0.3 is 0 Å². The molecule has 2 aromatic heterocycles. The number of benzene rings is 1. The Morgan fingerprint density at radius 2 is 2.00 bits per heavy atom. The van der Waals surface area contributed by atoms with Crippen LogP contribution in [0.2, 0.25) is 5.02 Å². The molecule has 1 fully saturated rings. The molecule has 0 saturated carbocycles. The molecule has 31 heavy (non-hydrogen) atoms. The van der Waals surface area contributed by atoms with Crippen molar-refractivity contribution in [2.45, 2.75) is 44.3 Å². The van der Waals surface area contributed by atoms with Crippen molar-refractivity contribution in [3.05, 3.63) is 41.0 Å². The standard InChI is InChI=1S/C22H27ClN6OS/c1-2-14-31-22-26-19(28-11-6-3-7-12-28)17-15-25-29(20(17)27-22)13-10-24-21(30)16-8-4-5-9-18(16)23/h4-5,8-9,15H,2-3,6-7,10-14H2,1H3,(H,24,30). The second-order valence-corrected chi connectivity index (χ2v) is 9.04. The molecule has 0 spiro atoms. The van der Waals surface area contributed by atoms with Crippen LogP contribution in [0.1, 0.15) is 43.0 Å². The lowest BCUT2D eigenvalue weighted by Gasteiger charge is -2.28. The van der Waals surface area contributed by atoms with Crippen LogP contribution >= 0.6 is 23.4 Å². The Morgan fingerprint density at radius 3 is 2.77 bits per heavy atom. The van der Waals surface area contributed by atoms with Gasteiger partial charge in [-0.25, -0.2) is 14.6 Å². The highest BCUT2D eigenvalue weighted by Crippen LogP contribution is 2.29. The van der Waals surface area contributed by atoms with Crippen LogP contribution in [-0.2, 0) is 6.54 Å². The zero-order valence-electron chi connectivity index (χ0n) is 17.7. The molecular weight excluding hydrogens is 432 g/mol. The average Bonchev–Trinajstić information content (AvgIpc) is 3.21. The number of thioether (sulfide) groups is 1. The number of carbonyl (C=O) groups is 1. The number of nitrogens with zero attached hydrogens (tertiary/aromatic N) is 5. The van der Waals surface area contributed by atoms with E-state index in [4.69, 9.17) is 21.6 Å². The Balaban J connectivity index is 1.53. The van der Waals surface area contributed by atoms with E-state index in [1.54, 1.807) is 30.0 Å². The van der Waals surface area contributed by atoms with E-state index in [-0.39, 0.29) is 5.91 Å². The van der Waals surface area contributed by atoms with Crippen molar-refractivity contribution < 1.29 is 4.79 Å². The molecule has 1 saturated heterocycles. The fraction of sp³-hybridized carbons (Fsp3) is 0.455. The smallest absolute Gasteiger partial charge is 0.252 e. The molecule has 0 unspecified atom stereocenters. The molecular formula is C22H27ClN6OS. The zero-order chi connectivity index (χ0) is 21.6. The maximum Gasteiger partial charge on any atom is 0.252 e. The molecule has 0 atom stereocenters. The SMILES string of the molecule is CCCSc1nc(N2CCCCC2)c2cnn(CCNC(=O)c3ccccc3Cl)c2n1. The van der Waals surface area contributed by atoms with Gasteiger partial charge in [-0.2, -0.15) is 5.10 Å². The van der Waals surface area contributed by atoms with Gasteiger partial charge in [-0.3, -0.25) is 4.79 Å². The summed E-state index contributed by atoms with van der Waals surface area (Å²) in [7, 11) is 0. The predicted molar refractivity (Wildman–Crippen MR) is 126 cm³/mol. The molecule has 1 N–H and O–H groups in total. The molecule has 0 bridgehead atoms. The summed E-state index contributed by atoms with van der Waals surface area (Å²) in [5, 5.41) is 9.69. The molecule has 3 heterocycles. The van der Waals surface area contributed by atoms with Gasteiger partial charge in [0.05, 0.1) is 28.7 Å². The third-order valence-electron chi connectivity index (χ3n) is 5.27. The number of carbonyl (C=O) groups excluding carboxylic acids is 1. The minimum absolute atomic E-state index is 0.190. The summed E-state index contributed by atoms with van der Waals surface area (Å²) in [5.41, 5.74) is 1.30. The Hall–Kier alpha value is -2.32. The van der Waals surface area contributed by atoms with Gasteiger partial charge in [0.1, 0.15) is 5.82 Å². The lowest BCUT2D eigenvalue weighted by molar-refractivity contribution is 0.0952. The minimum atomic E-state index is -0.190. The molecule has 1 aliphatic rings. The van der Waals surface area contributed by atoms with Crippen LogP contribution in [-0.4, -0.2) is 51.0 Å². The van der Waals surface area contributed by atoms with Crippen LogP contribution in [0.4, 0.5) is 5.82 Å². The molecule has 164 valence electrons. The van der Waals surface area contributed by atoms with Crippen molar-refractivity contribution in [2.24, 2.45) is 0 Å². The summed E-state index contributed by atoms with van der Waals surface area (Å²) in [6, 6.07) is 7.04. The van der Waals surface area contributed by atoms with E-state index in [9.17, 15) is 4.79 Å². The van der Waals surface area contributed by atoms with Crippen LogP contribution in [0, 0.1) is 0 Å². The van der Waals surface area contributed by atoms with Crippen molar-refractivity contribution in [3.63, 3.8) is 0 Å². The first-order chi connectivity index (χ1) is 15.2. The first kappa shape index (κ1) is 21.9. The fourth-order valence-corrected chi connectivity index (χ4v) is 4.62. The highest BCUT2D eigenvalue weighted by Gasteiger charge is 2.20. The van der Waals surface area contributed by atoms with Crippen LogP contribution in [0.5, 0.6) is 0 Å². The molecule has 0 aliphatic carbocycles. The van der Waals surface area contributed by atoms with E-state index in [0.29, 0.717) is 23.7 Å². The average molecular weight is 459 g/mol. The number of piperidine rings is 1. The summed E-state index contributed by atoms with van der Waals surface area (Å²) < 4.78 is 1.85. The number of halogens is 1. The van der Waals surface area contributed by atoms with E-state index < -0.39 is 0 Å². The quantitative estimate of drug-likeness (QED) is 0.398. The number of aromatic nitrogens is 4. The Kier molecular flexibility index (Phi) is 7.29. The third-order valence-corrected chi connectivity index (χ3v) is 6.66. The van der Waals surface area contributed by atoms with E-state index >= 15 is 0 Å². The van der Waals surface area contributed by atoms with Crippen LogP contribution < -0.4 is 10.2 Å². The van der Waals surface area contributed by atoms with Gasteiger partial charge in [0.25, 0.3) is 5.91 Å². The van der Waals surface area contributed by atoms with Crippen molar-refractivity contribution in [1.29, 1.82) is 0 Å². The molecule has 3 aromatic rings. The molecule has 9 heteroatoms. The van der Waals surface area contributed by atoms with Crippen LogP contribution in [0.25, 0.3) is 11.0 Å². The molecule has 0 radical (unpaired) electrons. The summed E-state index contributed by atoms with van der Waals surface area (Å²) >= 11 is 7.80. The first-order valence-corrected chi connectivity index (χ1v) is 12.2. The largest absolute Gasteiger partial charge is 0.356 e. The molecule has 1 aromatic carbocycles. The first-order valence-electron chi connectivity index (χ1n) is 10.8.